The summed E-state index contributed by atoms with van der Waals surface area (Å²) < 4.78 is 27.1. The number of fused-ring (bicyclic) bond motifs is 1. The first-order valence-electron chi connectivity index (χ1n) is 7.61. The van der Waals surface area contributed by atoms with Crippen molar-refractivity contribution >= 4 is 10.0 Å². The van der Waals surface area contributed by atoms with Crippen LogP contribution in [0.5, 0.6) is 0 Å². The van der Waals surface area contributed by atoms with Crippen molar-refractivity contribution in [1.82, 2.24) is 4.31 Å². The lowest BCUT2D eigenvalue weighted by Gasteiger charge is -2.34. The minimum atomic E-state index is -3.50. The Kier molecular flexibility index (Phi) is 3.43. The number of hydrogen-bond donors (Lipinski definition) is 1. The van der Waals surface area contributed by atoms with E-state index in [1.807, 2.05) is 32.9 Å². The molecule has 0 amide bonds. The summed E-state index contributed by atoms with van der Waals surface area (Å²) in [5, 5.41) is 10.9. The Morgan fingerprint density at radius 3 is 2.48 bits per heavy atom. The average Bonchev–Trinajstić information content (AvgIpc) is 3.16. The molecule has 1 aromatic rings. The molecule has 1 unspecified atom stereocenters. The standard InChI is InChI=1S/C16H23NO3S/c1-11(2)16(18)10-4-5-14-15(16)17(14)21(19,20)13-8-6-12(3)7-9-13/h6-9,11,14-15,18H,4-5,10H2,1-3H3/t14-,15-,16+,17?/m1/s1. The minimum absolute atomic E-state index is 0.0301. The first kappa shape index (κ1) is 15.0. The fraction of sp³-hybridized carbons (Fsp3) is 0.625. The van der Waals surface area contributed by atoms with Crippen LogP contribution in [0.2, 0.25) is 0 Å². The van der Waals surface area contributed by atoms with Gasteiger partial charge in [-0.25, -0.2) is 8.42 Å². The van der Waals surface area contributed by atoms with Gasteiger partial charge in [0.05, 0.1) is 16.5 Å². The van der Waals surface area contributed by atoms with E-state index >= 15 is 0 Å². The molecule has 4 nitrogen and oxygen atoms in total. The van der Waals surface area contributed by atoms with Gasteiger partial charge in [0.15, 0.2) is 0 Å². The average molecular weight is 309 g/mol. The van der Waals surface area contributed by atoms with E-state index in [0.717, 1.165) is 18.4 Å². The van der Waals surface area contributed by atoms with Gasteiger partial charge in [0.2, 0.25) is 10.0 Å². The van der Waals surface area contributed by atoms with Crippen LogP contribution in [-0.4, -0.2) is 35.5 Å². The molecule has 1 aliphatic heterocycles. The van der Waals surface area contributed by atoms with Crippen LogP contribution in [0, 0.1) is 12.8 Å². The molecule has 1 saturated heterocycles. The summed E-state index contributed by atoms with van der Waals surface area (Å²) in [6.07, 6.45) is 2.42. The fourth-order valence-electron chi connectivity index (χ4n) is 3.63. The van der Waals surface area contributed by atoms with Crippen LogP contribution in [0.15, 0.2) is 29.2 Å². The predicted molar refractivity (Wildman–Crippen MR) is 81.4 cm³/mol. The molecule has 1 N–H and O–H groups in total. The summed E-state index contributed by atoms with van der Waals surface area (Å²) in [4.78, 5) is 0.327. The molecule has 3 rings (SSSR count). The number of aryl methyl sites for hydroxylation is 1. The molecule has 1 heterocycles. The van der Waals surface area contributed by atoms with Crippen molar-refractivity contribution in [3.05, 3.63) is 29.8 Å². The molecule has 21 heavy (non-hydrogen) atoms. The topological polar surface area (TPSA) is 57.4 Å². The van der Waals surface area contributed by atoms with E-state index < -0.39 is 15.6 Å². The molecular weight excluding hydrogens is 286 g/mol. The monoisotopic (exact) mass is 309 g/mol. The Bertz CT molecular complexity index is 638. The first-order valence-corrected chi connectivity index (χ1v) is 9.05. The normalized spacial score (nSPS) is 35.6. The molecule has 5 heteroatoms. The van der Waals surface area contributed by atoms with Crippen molar-refractivity contribution in [1.29, 1.82) is 0 Å². The molecule has 1 aromatic carbocycles. The third kappa shape index (κ3) is 2.22. The van der Waals surface area contributed by atoms with E-state index in [0.29, 0.717) is 11.3 Å². The maximum Gasteiger partial charge on any atom is 0.243 e. The number of rotatable bonds is 3. The van der Waals surface area contributed by atoms with Crippen LogP contribution in [0.1, 0.15) is 38.7 Å². The van der Waals surface area contributed by atoms with Crippen LogP contribution in [-0.2, 0) is 10.0 Å². The van der Waals surface area contributed by atoms with Crippen molar-refractivity contribution in [3.63, 3.8) is 0 Å². The third-order valence-electron chi connectivity index (χ3n) is 5.06. The Morgan fingerprint density at radius 1 is 1.29 bits per heavy atom. The molecule has 4 atom stereocenters. The zero-order valence-electron chi connectivity index (χ0n) is 12.8. The summed E-state index contributed by atoms with van der Waals surface area (Å²) in [5.41, 5.74) is 0.150. The molecule has 2 aliphatic rings. The smallest absolute Gasteiger partial charge is 0.243 e. The first-order chi connectivity index (χ1) is 9.78. The van der Waals surface area contributed by atoms with Crippen molar-refractivity contribution in [2.45, 2.75) is 62.6 Å². The van der Waals surface area contributed by atoms with E-state index in [1.54, 1.807) is 12.1 Å². The highest BCUT2D eigenvalue weighted by atomic mass is 32.2. The van der Waals surface area contributed by atoms with Crippen LogP contribution < -0.4 is 0 Å². The molecule has 116 valence electrons. The van der Waals surface area contributed by atoms with E-state index in [2.05, 4.69) is 0 Å². The lowest BCUT2D eigenvalue weighted by Crippen LogP contribution is -2.45. The highest BCUT2D eigenvalue weighted by Crippen LogP contribution is 2.52. The minimum Gasteiger partial charge on any atom is -0.388 e. The number of nitrogens with zero attached hydrogens (tertiary/aromatic N) is 1. The Labute approximate surface area is 126 Å². The maximum absolute atomic E-state index is 12.8. The van der Waals surface area contributed by atoms with Gasteiger partial charge in [0.25, 0.3) is 0 Å². The van der Waals surface area contributed by atoms with E-state index in [4.69, 9.17) is 0 Å². The molecule has 0 radical (unpaired) electrons. The van der Waals surface area contributed by atoms with Gasteiger partial charge in [0.1, 0.15) is 0 Å². The zero-order valence-corrected chi connectivity index (χ0v) is 13.6. The van der Waals surface area contributed by atoms with Gasteiger partial charge in [0, 0.05) is 6.04 Å². The van der Waals surface area contributed by atoms with E-state index in [1.165, 1.54) is 4.31 Å². The van der Waals surface area contributed by atoms with Crippen LogP contribution in [0.3, 0.4) is 0 Å². The summed E-state index contributed by atoms with van der Waals surface area (Å²) in [6.45, 7) is 5.87. The lowest BCUT2D eigenvalue weighted by molar-refractivity contribution is -0.0291. The van der Waals surface area contributed by atoms with E-state index in [9.17, 15) is 13.5 Å². The highest BCUT2D eigenvalue weighted by molar-refractivity contribution is 7.89. The van der Waals surface area contributed by atoms with Gasteiger partial charge < -0.3 is 5.11 Å². The summed E-state index contributed by atoms with van der Waals surface area (Å²) in [7, 11) is -3.50. The molecule has 0 spiro atoms. The predicted octanol–water partition coefficient (Wildman–Crippen LogP) is 2.31. The van der Waals surface area contributed by atoms with Crippen LogP contribution >= 0.6 is 0 Å². The highest BCUT2D eigenvalue weighted by Gasteiger charge is 2.66. The summed E-state index contributed by atoms with van der Waals surface area (Å²) in [5.74, 6) is 0.0588. The van der Waals surface area contributed by atoms with Crippen molar-refractivity contribution < 1.29 is 13.5 Å². The van der Waals surface area contributed by atoms with Gasteiger partial charge in [-0.1, -0.05) is 31.5 Å². The second-order valence-electron chi connectivity index (χ2n) is 6.70. The molecule has 0 bridgehead atoms. The van der Waals surface area contributed by atoms with Crippen molar-refractivity contribution in [2.24, 2.45) is 5.92 Å². The summed E-state index contributed by atoms with van der Waals surface area (Å²) in [6, 6.07) is 6.66. The lowest BCUT2D eigenvalue weighted by atomic mass is 9.77. The Morgan fingerprint density at radius 2 is 1.90 bits per heavy atom. The number of benzene rings is 1. The summed E-state index contributed by atoms with van der Waals surface area (Å²) >= 11 is 0. The Hall–Kier alpha value is -0.910. The van der Waals surface area contributed by atoms with E-state index in [-0.39, 0.29) is 18.0 Å². The van der Waals surface area contributed by atoms with Crippen molar-refractivity contribution in [3.8, 4) is 0 Å². The van der Waals surface area contributed by atoms with Gasteiger partial charge in [-0.15, -0.1) is 0 Å². The number of hydrogen-bond acceptors (Lipinski definition) is 3. The third-order valence-corrected chi connectivity index (χ3v) is 6.98. The van der Waals surface area contributed by atoms with Crippen LogP contribution in [0.4, 0.5) is 0 Å². The fourth-order valence-corrected chi connectivity index (χ4v) is 5.50. The van der Waals surface area contributed by atoms with Gasteiger partial charge in [-0.2, -0.15) is 4.31 Å². The Balaban J connectivity index is 1.93. The quantitative estimate of drug-likeness (QED) is 0.872. The molecular formula is C16H23NO3S. The largest absolute Gasteiger partial charge is 0.388 e. The molecule has 1 aliphatic carbocycles. The van der Waals surface area contributed by atoms with Gasteiger partial charge in [-0.3, -0.25) is 0 Å². The number of sulfonamides is 1. The second-order valence-corrected chi connectivity index (χ2v) is 8.54. The molecule has 2 fully saturated rings. The molecule has 0 aromatic heterocycles. The second kappa shape index (κ2) is 4.80. The molecule has 1 saturated carbocycles. The SMILES string of the molecule is Cc1ccc(S(=O)(=O)N2[C@@H]3CCC[C@](O)(C(C)C)[C@@H]32)cc1. The van der Waals surface area contributed by atoms with Crippen molar-refractivity contribution in [2.75, 3.05) is 0 Å². The van der Waals surface area contributed by atoms with Gasteiger partial charge in [-0.05, 0) is 44.2 Å². The number of aliphatic hydroxyl groups is 1. The zero-order chi connectivity index (χ0) is 15.4. The van der Waals surface area contributed by atoms with Crippen LogP contribution in [0.25, 0.3) is 0 Å². The maximum atomic E-state index is 12.8. The van der Waals surface area contributed by atoms with Gasteiger partial charge >= 0.3 is 0 Å².